The number of anilines is 2. The normalized spacial score (nSPS) is 15.3. The fourth-order valence-corrected chi connectivity index (χ4v) is 3.42. The van der Waals surface area contributed by atoms with Gasteiger partial charge in [0.05, 0.1) is 18.6 Å². The average Bonchev–Trinajstić information content (AvgIpc) is 3.40. The van der Waals surface area contributed by atoms with Crippen molar-refractivity contribution in [2.75, 3.05) is 23.7 Å². The van der Waals surface area contributed by atoms with E-state index in [1.165, 1.54) is 0 Å². The number of aliphatic hydroxyl groups is 2. The van der Waals surface area contributed by atoms with Crippen LogP contribution in [0.4, 0.5) is 11.8 Å². The fourth-order valence-electron chi connectivity index (χ4n) is 3.42. The lowest BCUT2D eigenvalue weighted by Crippen LogP contribution is -2.31. The SMILES string of the molecule is Cc1ccc(C(C)(O)CNc2nc(NCC(C)(O)c3ccc(C)o3)c3ccccc3n2)o1. The number of hydrogen-bond donors (Lipinski definition) is 4. The smallest absolute Gasteiger partial charge is 0.225 e. The Morgan fingerprint density at radius 3 is 1.91 bits per heavy atom. The summed E-state index contributed by atoms with van der Waals surface area (Å²) >= 11 is 0. The second-order valence-corrected chi connectivity index (χ2v) is 8.49. The average molecular weight is 437 g/mol. The maximum atomic E-state index is 10.9. The molecule has 0 amide bonds. The van der Waals surface area contributed by atoms with Crippen LogP contribution < -0.4 is 10.6 Å². The van der Waals surface area contributed by atoms with E-state index < -0.39 is 11.2 Å². The van der Waals surface area contributed by atoms with E-state index in [2.05, 4.69) is 20.6 Å². The molecule has 0 aliphatic heterocycles. The second kappa shape index (κ2) is 8.29. The van der Waals surface area contributed by atoms with Crippen LogP contribution in [0.5, 0.6) is 0 Å². The Morgan fingerprint density at radius 1 is 0.781 bits per heavy atom. The summed E-state index contributed by atoms with van der Waals surface area (Å²) in [6.07, 6.45) is 0. The van der Waals surface area contributed by atoms with Crippen LogP contribution in [0.3, 0.4) is 0 Å². The highest BCUT2D eigenvalue weighted by Crippen LogP contribution is 2.27. The number of furan rings is 2. The van der Waals surface area contributed by atoms with E-state index in [0.29, 0.717) is 23.3 Å². The van der Waals surface area contributed by atoms with Crippen molar-refractivity contribution in [3.8, 4) is 0 Å². The molecule has 0 radical (unpaired) electrons. The molecule has 4 rings (SSSR count). The lowest BCUT2D eigenvalue weighted by molar-refractivity contribution is 0.0466. The van der Waals surface area contributed by atoms with Gasteiger partial charge in [0, 0.05) is 5.39 Å². The molecular weight excluding hydrogens is 408 g/mol. The first kappa shape index (κ1) is 21.9. The highest BCUT2D eigenvalue weighted by molar-refractivity contribution is 5.90. The monoisotopic (exact) mass is 436 g/mol. The maximum Gasteiger partial charge on any atom is 0.225 e. The molecule has 3 heterocycles. The lowest BCUT2D eigenvalue weighted by atomic mass is 10.0. The highest BCUT2D eigenvalue weighted by atomic mass is 16.4. The molecule has 0 bridgehead atoms. The molecule has 8 heteroatoms. The molecule has 8 nitrogen and oxygen atoms in total. The lowest BCUT2D eigenvalue weighted by Gasteiger charge is -2.23. The van der Waals surface area contributed by atoms with Gasteiger partial charge in [-0.05, 0) is 64.1 Å². The number of fused-ring (bicyclic) bond motifs is 1. The van der Waals surface area contributed by atoms with Crippen LogP contribution in [0, 0.1) is 13.8 Å². The molecule has 0 saturated heterocycles. The van der Waals surface area contributed by atoms with Gasteiger partial charge in [-0.25, -0.2) is 4.98 Å². The largest absolute Gasteiger partial charge is 0.463 e. The van der Waals surface area contributed by atoms with Crippen molar-refractivity contribution < 1.29 is 19.0 Å². The van der Waals surface area contributed by atoms with Crippen molar-refractivity contribution in [1.82, 2.24) is 9.97 Å². The molecule has 32 heavy (non-hydrogen) atoms. The molecule has 0 aliphatic carbocycles. The number of rotatable bonds is 8. The van der Waals surface area contributed by atoms with Crippen molar-refractivity contribution in [2.24, 2.45) is 0 Å². The van der Waals surface area contributed by atoms with Crippen LogP contribution in [-0.2, 0) is 11.2 Å². The predicted molar refractivity (Wildman–Crippen MR) is 123 cm³/mol. The first-order valence-electron chi connectivity index (χ1n) is 10.5. The van der Waals surface area contributed by atoms with E-state index in [9.17, 15) is 10.2 Å². The molecule has 4 aromatic rings. The fraction of sp³-hybridized carbons (Fsp3) is 0.333. The number of aromatic nitrogens is 2. The second-order valence-electron chi connectivity index (χ2n) is 8.49. The third-order valence-electron chi connectivity index (χ3n) is 5.34. The van der Waals surface area contributed by atoms with Gasteiger partial charge in [-0.1, -0.05) is 12.1 Å². The third kappa shape index (κ3) is 4.61. The zero-order chi connectivity index (χ0) is 22.9. The molecule has 0 fully saturated rings. The van der Waals surface area contributed by atoms with E-state index in [0.717, 1.165) is 22.4 Å². The van der Waals surface area contributed by atoms with Crippen molar-refractivity contribution >= 4 is 22.7 Å². The van der Waals surface area contributed by atoms with Gasteiger partial charge in [0.1, 0.15) is 40.1 Å². The topological polar surface area (TPSA) is 117 Å². The summed E-state index contributed by atoms with van der Waals surface area (Å²) in [4.78, 5) is 9.15. The summed E-state index contributed by atoms with van der Waals surface area (Å²) in [5.74, 6) is 3.32. The van der Waals surface area contributed by atoms with Gasteiger partial charge in [-0.2, -0.15) is 4.98 Å². The van der Waals surface area contributed by atoms with Crippen LogP contribution in [0.15, 0.2) is 57.4 Å². The van der Waals surface area contributed by atoms with Crippen molar-refractivity contribution in [3.63, 3.8) is 0 Å². The van der Waals surface area contributed by atoms with Crippen LogP contribution in [0.1, 0.15) is 36.9 Å². The van der Waals surface area contributed by atoms with Gasteiger partial charge in [0.15, 0.2) is 0 Å². The number of aryl methyl sites for hydroxylation is 2. The quantitative estimate of drug-likeness (QED) is 0.327. The maximum absolute atomic E-state index is 10.9. The number of hydrogen-bond acceptors (Lipinski definition) is 8. The Kier molecular flexibility index (Phi) is 5.66. The van der Waals surface area contributed by atoms with Crippen LogP contribution in [0.25, 0.3) is 10.9 Å². The molecular formula is C24H28N4O4. The molecule has 2 atom stereocenters. The molecule has 3 aromatic heterocycles. The van der Waals surface area contributed by atoms with Crippen molar-refractivity contribution in [3.05, 3.63) is 71.6 Å². The zero-order valence-corrected chi connectivity index (χ0v) is 18.6. The van der Waals surface area contributed by atoms with Crippen molar-refractivity contribution in [1.29, 1.82) is 0 Å². The Labute approximate surface area is 186 Å². The highest BCUT2D eigenvalue weighted by Gasteiger charge is 2.28. The third-order valence-corrected chi connectivity index (χ3v) is 5.34. The van der Waals surface area contributed by atoms with Crippen LogP contribution in [0.2, 0.25) is 0 Å². The first-order valence-corrected chi connectivity index (χ1v) is 10.5. The van der Waals surface area contributed by atoms with E-state index in [4.69, 9.17) is 8.83 Å². The Balaban J connectivity index is 1.56. The van der Waals surface area contributed by atoms with Gasteiger partial charge >= 0.3 is 0 Å². The summed E-state index contributed by atoms with van der Waals surface area (Å²) in [5, 5.41) is 28.8. The number of nitrogens with zero attached hydrogens (tertiary/aromatic N) is 2. The van der Waals surface area contributed by atoms with Crippen molar-refractivity contribution in [2.45, 2.75) is 38.9 Å². The van der Waals surface area contributed by atoms with E-state index in [1.54, 1.807) is 26.0 Å². The minimum Gasteiger partial charge on any atom is -0.463 e. The summed E-state index contributed by atoms with van der Waals surface area (Å²) in [6, 6.07) is 14.7. The zero-order valence-electron chi connectivity index (χ0n) is 18.6. The molecule has 0 aliphatic rings. The standard InChI is InChI=1S/C24H28N4O4/c1-15-9-11-19(31-15)23(3,29)13-25-21-17-7-5-6-8-18(17)27-22(28-21)26-14-24(4,30)20-12-10-16(2)32-20/h5-12,29-30H,13-14H2,1-4H3,(H2,25,26,27,28). The van der Waals surface area contributed by atoms with Gasteiger partial charge in [-0.15, -0.1) is 0 Å². The summed E-state index contributed by atoms with van der Waals surface area (Å²) in [5.41, 5.74) is -1.73. The van der Waals surface area contributed by atoms with Crippen LogP contribution >= 0.6 is 0 Å². The first-order chi connectivity index (χ1) is 15.1. The van der Waals surface area contributed by atoms with Gasteiger partial charge < -0.3 is 29.7 Å². The number of para-hydroxylation sites is 1. The molecule has 1 aromatic carbocycles. The number of nitrogens with one attached hydrogen (secondary N) is 2. The van der Waals surface area contributed by atoms with Gasteiger partial charge in [0.2, 0.25) is 5.95 Å². The molecule has 2 unspecified atom stereocenters. The Bertz CT molecular complexity index is 1230. The minimum absolute atomic E-state index is 0.154. The predicted octanol–water partition coefficient (Wildman–Crippen LogP) is 4.07. The van der Waals surface area contributed by atoms with E-state index in [-0.39, 0.29) is 13.1 Å². The molecule has 168 valence electrons. The Hall–Kier alpha value is -3.36. The summed E-state index contributed by atoms with van der Waals surface area (Å²) in [6.45, 7) is 7.35. The number of benzene rings is 1. The van der Waals surface area contributed by atoms with Crippen LogP contribution in [-0.4, -0.2) is 33.3 Å². The van der Waals surface area contributed by atoms with E-state index >= 15 is 0 Å². The summed E-state index contributed by atoms with van der Waals surface area (Å²) in [7, 11) is 0. The van der Waals surface area contributed by atoms with Gasteiger partial charge in [-0.3, -0.25) is 0 Å². The van der Waals surface area contributed by atoms with E-state index in [1.807, 2.05) is 50.2 Å². The molecule has 0 saturated carbocycles. The molecule has 4 N–H and O–H groups in total. The summed E-state index contributed by atoms with van der Waals surface area (Å²) < 4.78 is 11.2. The molecule has 0 spiro atoms. The Morgan fingerprint density at radius 2 is 1.34 bits per heavy atom. The minimum atomic E-state index is -1.24. The van der Waals surface area contributed by atoms with Gasteiger partial charge in [0.25, 0.3) is 0 Å².